The van der Waals surface area contributed by atoms with Gasteiger partial charge in [0.2, 0.25) is 0 Å². The van der Waals surface area contributed by atoms with E-state index in [4.69, 9.17) is 4.74 Å². The molecule has 0 atom stereocenters. The van der Waals surface area contributed by atoms with Crippen molar-refractivity contribution < 1.29 is 14.6 Å². The molecule has 2 aromatic rings. The zero-order chi connectivity index (χ0) is 12.5. The molecule has 0 unspecified atom stereocenters. The van der Waals surface area contributed by atoms with Gasteiger partial charge in [0.05, 0.1) is 19.3 Å². The third-order valence-electron chi connectivity index (χ3n) is 3.10. The van der Waals surface area contributed by atoms with Gasteiger partial charge in [0.1, 0.15) is 4.88 Å². The molecule has 1 aromatic carbocycles. The summed E-state index contributed by atoms with van der Waals surface area (Å²) in [5, 5.41) is 13.6. The van der Waals surface area contributed by atoms with Crippen LogP contribution in [0, 0.1) is 0 Å². The van der Waals surface area contributed by atoms with E-state index >= 15 is 0 Å². The van der Waals surface area contributed by atoms with Gasteiger partial charge in [-0.3, -0.25) is 0 Å². The molecule has 1 aromatic heterocycles. The van der Waals surface area contributed by atoms with E-state index in [9.17, 15) is 9.90 Å². The summed E-state index contributed by atoms with van der Waals surface area (Å²) in [5.74, 6) is -0.849. The number of rotatable bonds is 4. The molecule has 3 rings (SSSR count). The summed E-state index contributed by atoms with van der Waals surface area (Å²) in [4.78, 5) is 11.7. The highest BCUT2D eigenvalue weighted by molar-refractivity contribution is 7.21. The fourth-order valence-electron chi connectivity index (χ4n) is 2.05. The van der Waals surface area contributed by atoms with Crippen molar-refractivity contribution in [3.63, 3.8) is 0 Å². The Morgan fingerprint density at radius 3 is 2.89 bits per heavy atom. The molecule has 2 heterocycles. The number of benzene rings is 1. The first kappa shape index (κ1) is 11.6. The number of carboxylic acids is 1. The molecule has 4 nitrogen and oxygen atoms in total. The van der Waals surface area contributed by atoms with Crippen molar-refractivity contribution in [3.8, 4) is 0 Å². The summed E-state index contributed by atoms with van der Waals surface area (Å²) in [6, 6.07) is 8.16. The molecule has 94 valence electrons. The van der Waals surface area contributed by atoms with Gasteiger partial charge in [-0.1, -0.05) is 18.2 Å². The SMILES string of the molecule is O=C(O)c1sc2ccccc2c1CNC1COC1. The minimum absolute atomic E-state index is 0.352. The number of thiophene rings is 1. The monoisotopic (exact) mass is 263 g/mol. The third-order valence-corrected chi connectivity index (χ3v) is 4.30. The Bertz CT molecular complexity index is 589. The molecule has 5 heteroatoms. The largest absolute Gasteiger partial charge is 0.477 e. The molecule has 0 spiro atoms. The van der Waals surface area contributed by atoms with Crippen LogP contribution in [-0.2, 0) is 11.3 Å². The second kappa shape index (κ2) is 4.68. The molecule has 1 aliphatic rings. The minimum atomic E-state index is -0.849. The molecule has 2 N–H and O–H groups in total. The van der Waals surface area contributed by atoms with Crippen LogP contribution in [0.25, 0.3) is 10.1 Å². The summed E-state index contributed by atoms with van der Waals surface area (Å²) in [7, 11) is 0. The van der Waals surface area contributed by atoms with Gasteiger partial charge in [-0.2, -0.15) is 0 Å². The van der Waals surface area contributed by atoms with Crippen LogP contribution in [-0.4, -0.2) is 30.3 Å². The molecule has 0 amide bonds. The first-order valence-electron chi connectivity index (χ1n) is 5.80. The number of aromatic carboxylic acids is 1. The standard InChI is InChI=1S/C13H13NO3S/c15-13(16)12-10(5-14-8-6-17-7-8)9-3-1-2-4-11(9)18-12/h1-4,8,14H,5-7H2,(H,15,16). The van der Waals surface area contributed by atoms with Crippen LogP contribution in [0.3, 0.4) is 0 Å². The van der Waals surface area contributed by atoms with Gasteiger partial charge in [0, 0.05) is 11.2 Å². The molecular weight excluding hydrogens is 250 g/mol. The number of nitrogens with one attached hydrogen (secondary N) is 1. The zero-order valence-corrected chi connectivity index (χ0v) is 10.5. The van der Waals surface area contributed by atoms with Crippen molar-refractivity contribution in [1.82, 2.24) is 5.32 Å². The molecule has 0 radical (unpaired) electrons. The maximum atomic E-state index is 11.3. The zero-order valence-electron chi connectivity index (χ0n) is 9.68. The second-order valence-electron chi connectivity index (χ2n) is 4.33. The Balaban J connectivity index is 1.95. The molecule has 0 aliphatic carbocycles. The highest BCUT2D eigenvalue weighted by atomic mass is 32.1. The first-order valence-corrected chi connectivity index (χ1v) is 6.62. The Morgan fingerprint density at radius 2 is 2.22 bits per heavy atom. The summed E-state index contributed by atoms with van der Waals surface area (Å²) in [6.45, 7) is 2.01. The molecule has 1 fully saturated rings. The minimum Gasteiger partial charge on any atom is -0.477 e. The van der Waals surface area contributed by atoms with E-state index < -0.39 is 5.97 Å². The normalized spacial score (nSPS) is 15.8. The van der Waals surface area contributed by atoms with Gasteiger partial charge in [-0.25, -0.2) is 4.79 Å². The van der Waals surface area contributed by atoms with Crippen LogP contribution in [0.5, 0.6) is 0 Å². The number of carbonyl (C=O) groups is 1. The van der Waals surface area contributed by atoms with Crippen molar-refractivity contribution in [2.45, 2.75) is 12.6 Å². The van der Waals surface area contributed by atoms with E-state index in [1.165, 1.54) is 11.3 Å². The molecule has 1 saturated heterocycles. The third kappa shape index (κ3) is 2.01. The molecule has 0 saturated carbocycles. The topological polar surface area (TPSA) is 58.6 Å². The van der Waals surface area contributed by atoms with Crippen LogP contribution in [0.15, 0.2) is 24.3 Å². The van der Waals surface area contributed by atoms with Gasteiger partial charge < -0.3 is 15.2 Å². The van der Waals surface area contributed by atoms with Crippen molar-refractivity contribution >= 4 is 27.4 Å². The van der Waals surface area contributed by atoms with Gasteiger partial charge in [-0.15, -0.1) is 11.3 Å². The molecule has 0 bridgehead atoms. The predicted molar refractivity (Wildman–Crippen MR) is 70.2 cm³/mol. The van der Waals surface area contributed by atoms with Crippen molar-refractivity contribution in [2.75, 3.05) is 13.2 Å². The van der Waals surface area contributed by atoms with Crippen LogP contribution >= 0.6 is 11.3 Å². The summed E-state index contributed by atoms with van der Waals surface area (Å²) in [6.07, 6.45) is 0. The van der Waals surface area contributed by atoms with E-state index in [0.717, 1.165) is 15.6 Å². The van der Waals surface area contributed by atoms with E-state index in [0.29, 0.717) is 30.7 Å². The average molecular weight is 263 g/mol. The summed E-state index contributed by atoms with van der Waals surface area (Å²) < 4.78 is 6.12. The lowest BCUT2D eigenvalue weighted by atomic mass is 10.1. The quantitative estimate of drug-likeness (QED) is 0.886. The van der Waals surface area contributed by atoms with Gasteiger partial charge in [0.25, 0.3) is 0 Å². The molecular formula is C13H13NO3S. The fourth-order valence-corrected chi connectivity index (χ4v) is 3.11. The van der Waals surface area contributed by atoms with Crippen LogP contribution in [0.1, 0.15) is 15.2 Å². The highest BCUT2D eigenvalue weighted by Crippen LogP contribution is 2.31. The van der Waals surface area contributed by atoms with Crippen molar-refractivity contribution in [1.29, 1.82) is 0 Å². The van der Waals surface area contributed by atoms with E-state index in [1.54, 1.807) is 0 Å². The lowest BCUT2D eigenvalue weighted by Gasteiger charge is -2.27. The predicted octanol–water partition coefficient (Wildman–Crippen LogP) is 2.09. The highest BCUT2D eigenvalue weighted by Gasteiger charge is 2.21. The van der Waals surface area contributed by atoms with Gasteiger partial charge in [0.15, 0.2) is 0 Å². The van der Waals surface area contributed by atoms with Crippen LogP contribution in [0.2, 0.25) is 0 Å². The lowest BCUT2D eigenvalue weighted by molar-refractivity contribution is -0.00575. The van der Waals surface area contributed by atoms with Crippen molar-refractivity contribution in [3.05, 3.63) is 34.7 Å². The first-order chi connectivity index (χ1) is 8.75. The Labute approximate surface area is 108 Å². The molecule has 1 aliphatic heterocycles. The van der Waals surface area contributed by atoms with Gasteiger partial charge >= 0.3 is 5.97 Å². The maximum absolute atomic E-state index is 11.3. The smallest absolute Gasteiger partial charge is 0.346 e. The number of ether oxygens (including phenoxy) is 1. The van der Waals surface area contributed by atoms with E-state index in [2.05, 4.69) is 5.32 Å². The number of carboxylic acid groups (broad SMARTS) is 1. The maximum Gasteiger partial charge on any atom is 0.346 e. The lowest BCUT2D eigenvalue weighted by Crippen LogP contribution is -2.45. The Hall–Kier alpha value is -1.43. The van der Waals surface area contributed by atoms with Crippen LogP contribution in [0.4, 0.5) is 0 Å². The summed E-state index contributed by atoms with van der Waals surface area (Å²) in [5.41, 5.74) is 0.884. The van der Waals surface area contributed by atoms with E-state index in [-0.39, 0.29) is 0 Å². The van der Waals surface area contributed by atoms with Crippen LogP contribution < -0.4 is 5.32 Å². The fraction of sp³-hybridized carbons (Fsp3) is 0.308. The average Bonchev–Trinajstić information content (AvgIpc) is 2.66. The molecule has 18 heavy (non-hydrogen) atoms. The van der Waals surface area contributed by atoms with Gasteiger partial charge in [-0.05, 0) is 17.0 Å². The number of fused-ring (bicyclic) bond motifs is 1. The Kier molecular flexibility index (Phi) is 3.03. The van der Waals surface area contributed by atoms with E-state index in [1.807, 2.05) is 24.3 Å². The second-order valence-corrected chi connectivity index (χ2v) is 5.38. The van der Waals surface area contributed by atoms with Crippen molar-refractivity contribution in [2.24, 2.45) is 0 Å². The Morgan fingerprint density at radius 1 is 1.44 bits per heavy atom. The number of hydrogen-bond acceptors (Lipinski definition) is 4. The summed E-state index contributed by atoms with van der Waals surface area (Å²) >= 11 is 1.34. The number of hydrogen-bond donors (Lipinski definition) is 2.